The summed E-state index contributed by atoms with van der Waals surface area (Å²) in [6.45, 7) is 8.95. The first-order valence-corrected chi connectivity index (χ1v) is 7.21. The van der Waals surface area contributed by atoms with Crippen LogP contribution in [0.5, 0.6) is 0 Å². The molecule has 0 amide bonds. The first-order chi connectivity index (χ1) is 9.06. The fourth-order valence-corrected chi connectivity index (χ4v) is 2.46. The first kappa shape index (κ1) is 13.9. The normalized spacial score (nSPS) is 12.7. The summed E-state index contributed by atoms with van der Waals surface area (Å²) in [4.78, 5) is 0. The number of rotatable bonds is 4. The lowest BCUT2D eigenvalue weighted by Crippen LogP contribution is -1.98. The third-order valence-electron chi connectivity index (χ3n) is 3.70. The van der Waals surface area contributed by atoms with Crippen molar-refractivity contribution in [2.24, 2.45) is 5.92 Å². The lowest BCUT2D eigenvalue weighted by atomic mass is 9.91. The van der Waals surface area contributed by atoms with Gasteiger partial charge in [-0.3, -0.25) is 0 Å². The summed E-state index contributed by atoms with van der Waals surface area (Å²) in [6.07, 6.45) is 1.17. The van der Waals surface area contributed by atoms with Gasteiger partial charge in [-0.05, 0) is 36.0 Å². The van der Waals surface area contributed by atoms with Gasteiger partial charge in [0.1, 0.15) is 0 Å². The van der Waals surface area contributed by atoms with Crippen molar-refractivity contribution >= 4 is 0 Å². The molecular formula is C19H24. The van der Waals surface area contributed by atoms with Crippen molar-refractivity contribution in [2.45, 2.75) is 40.0 Å². The Hall–Kier alpha value is -1.56. The molecule has 0 aliphatic rings. The molecule has 0 fully saturated rings. The summed E-state index contributed by atoms with van der Waals surface area (Å²) in [6, 6.07) is 18.0. The lowest BCUT2D eigenvalue weighted by Gasteiger charge is -2.14. The molecule has 0 aromatic heterocycles. The third kappa shape index (κ3) is 3.70. The quantitative estimate of drug-likeness (QED) is 0.688. The standard InChI is InChI=1S/C19H24/c1-14(2)13-17-7-11-19(12-8-17)16(4)18-9-5-15(3)6-10-18/h5-12,14,16H,13H2,1-4H3. The molecule has 1 unspecified atom stereocenters. The smallest absolute Gasteiger partial charge is 0.00610 e. The van der Waals surface area contributed by atoms with Crippen LogP contribution in [0.2, 0.25) is 0 Å². The Morgan fingerprint density at radius 2 is 1.21 bits per heavy atom. The van der Waals surface area contributed by atoms with E-state index in [1.807, 2.05) is 0 Å². The molecule has 1 atom stereocenters. The molecule has 0 aliphatic carbocycles. The van der Waals surface area contributed by atoms with Crippen LogP contribution in [0.15, 0.2) is 48.5 Å². The van der Waals surface area contributed by atoms with E-state index in [1.54, 1.807) is 0 Å². The van der Waals surface area contributed by atoms with Crippen LogP contribution >= 0.6 is 0 Å². The molecule has 0 saturated heterocycles. The van der Waals surface area contributed by atoms with E-state index in [1.165, 1.54) is 28.7 Å². The predicted octanol–water partition coefficient (Wildman–Crippen LogP) is 5.35. The summed E-state index contributed by atoms with van der Waals surface area (Å²) in [5.74, 6) is 1.19. The van der Waals surface area contributed by atoms with Gasteiger partial charge in [-0.1, -0.05) is 74.9 Å². The summed E-state index contributed by atoms with van der Waals surface area (Å²) in [5, 5.41) is 0. The molecule has 0 aliphatic heterocycles. The minimum Gasteiger partial charge on any atom is -0.0625 e. The van der Waals surface area contributed by atoms with Gasteiger partial charge >= 0.3 is 0 Å². The second-order valence-electron chi connectivity index (χ2n) is 5.97. The fraction of sp³-hybridized carbons (Fsp3) is 0.368. The Labute approximate surface area is 117 Å². The molecule has 0 heterocycles. The zero-order chi connectivity index (χ0) is 13.8. The summed E-state index contributed by atoms with van der Waals surface area (Å²) >= 11 is 0. The van der Waals surface area contributed by atoms with Gasteiger partial charge < -0.3 is 0 Å². The molecule has 0 bridgehead atoms. The zero-order valence-corrected chi connectivity index (χ0v) is 12.5. The summed E-state index contributed by atoms with van der Waals surface area (Å²) < 4.78 is 0. The zero-order valence-electron chi connectivity index (χ0n) is 12.5. The van der Waals surface area contributed by atoms with Crippen LogP contribution in [0.4, 0.5) is 0 Å². The van der Waals surface area contributed by atoms with Crippen LogP contribution in [0.3, 0.4) is 0 Å². The van der Waals surface area contributed by atoms with Gasteiger partial charge in [0, 0.05) is 5.92 Å². The van der Waals surface area contributed by atoms with E-state index in [-0.39, 0.29) is 0 Å². The van der Waals surface area contributed by atoms with E-state index in [4.69, 9.17) is 0 Å². The van der Waals surface area contributed by atoms with E-state index >= 15 is 0 Å². The van der Waals surface area contributed by atoms with Gasteiger partial charge in [-0.2, -0.15) is 0 Å². The predicted molar refractivity (Wildman–Crippen MR) is 83.7 cm³/mol. The Morgan fingerprint density at radius 3 is 1.68 bits per heavy atom. The van der Waals surface area contributed by atoms with Crippen molar-refractivity contribution in [3.8, 4) is 0 Å². The van der Waals surface area contributed by atoms with Crippen molar-refractivity contribution in [1.29, 1.82) is 0 Å². The molecule has 0 saturated carbocycles. The van der Waals surface area contributed by atoms with Crippen LogP contribution < -0.4 is 0 Å². The second-order valence-corrected chi connectivity index (χ2v) is 5.97. The van der Waals surface area contributed by atoms with Gasteiger partial charge in [0.25, 0.3) is 0 Å². The fourth-order valence-electron chi connectivity index (χ4n) is 2.46. The van der Waals surface area contributed by atoms with Gasteiger partial charge in [0.15, 0.2) is 0 Å². The maximum atomic E-state index is 2.28. The Balaban J connectivity index is 2.15. The number of aryl methyl sites for hydroxylation is 1. The number of hydrogen-bond acceptors (Lipinski definition) is 0. The van der Waals surface area contributed by atoms with E-state index in [0.717, 1.165) is 5.92 Å². The lowest BCUT2D eigenvalue weighted by molar-refractivity contribution is 0.647. The van der Waals surface area contributed by atoms with Crippen molar-refractivity contribution in [3.63, 3.8) is 0 Å². The van der Waals surface area contributed by atoms with Crippen molar-refractivity contribution in [1.82, 2.24) is 0 Å². The largest absolute Gasteiger partial charge is 0.0625 e. The van der Waals surface area contributed by atoms with E-state index < -0.39 is 0 Å². The van der Waals surface area contributed by atoms with E-state index in [2.05, 4.69) is 76.2 Å². The van der Waals surface area contributed by atoms with Crippen molar-refractivity contribution in [3.05, 3.63) is 70.8 Å². The van der Waals surface area contributed by atoms with Crippen LogP contribution in [-0.4, -0.2) is 0 Å². The van der Waals surface area contributed by atoms with Crippen LogP contribution in [-0.2, 0) is 6.42 Å². The number of benzene rings is 2. The van der Waals surface area contributed by atoms with Crippen LogP contribution in [0.25, 0.3) is 0 Å². The molecule has 0 nitrogen and oxygen atoms in total. The molecule has 2 aromatic rings. The van der Waals surface area contributed by atoms with E-state index in [9.17, 15) is 0 Å². The van der Waals surface area contributed by atoms with Crippen molar-refractivity contribution < 1.29 is 0 Å². The summed E-state index contributed by atoms with van der Waals surface area (Å²) in [5.41, 5.74) is 5.55. The average molecular weight is 252 g/mol. The molecule has 0 heteroatoms. The maximum absolute atomic E-state index is 2.28. The Kier molecular flexibility index (Phi) is 4.42. The maximum Gasteiger partial charge on any atom is 0.00610 e. The molecule has 19 heavy (non-hydrogen) atoms. The third-order valence-corrected chi connectivity index (χ3v) is 3.70. The number of hydrogen-bond donors (Lipinski definition) is 0. The topological polar surface area (TPSA) is 0 Å². The molecule has 100 valence electrons. The van der Waals surface area contributed by atoms with Gasteiger partial charge in [0.05, 0.1) is 0 Å². The van der Waals surface area contributed by atoms with Crippen LogP contribution in [0, 0.1) is 12.8 Å². The minimum absolute atomic E-state index is 0.466. The molecule has 2 aromatic carbocycles. The van der Waals surface area contributed by atoms with Gasteiger partial charge in [-0.15, -0.1) is 0 Å². The van der Waals surface area contributed by atoms with Gasteiger partial charge in [-0.25, -0.2) is 0 Å². The highest BCUT2D eigenvalue weighted by atomic mass is 14.1. The Bertz CT molecular complexity index is 503. The van der Waals surface area contributed by atoms with E-state index in [0.29, 0.717) is 5.92 Å². The highest BCUT2D eigenvalue weighted by Gasteiger charge is 2.08. The van der Waals surface area contributed by atoms with Gasteiger partial charge in [0.2, 0.25) is 0 Å². The molecule has 0 radical (unpaired) electrons. The average Bonchev–Trinajstić information content (AvgIpc) is 2.39. The van der Waals surface area contributed by atoms with Crippen LogP contribution in [0.1, 0.15) is 48.9 Å². The minimum atomic E-state index is 0.466. The summed E-state index contributed by atoms with van der Waals surface area (Å²) in [7, 11) is 0. The highest BCUT2D eigenvalue weighted by molar-refractivity contribution is 5.34. The molecule has 0 spiro atoms. The SMILES string of the molecule is Cc1ccc(C(C)c2ccc(CC(C)C)cc2)cc1. The molecule has 0 N–H and O–H groups in total. The molecular weight excluding hydrogens is 228 g/mol. The molecule has 2 rings (SSSR count). The van der Waals surface area contributed by atoms with Crippen molar-refractivity contribution in [2.75, 3.05) is 0 Å². The Morgan fingerprint density at radius 1 is 0.737 bits per heavy atom. The first-order valence-electron chi connectivity index (χ1n) is 7.21. The monoisotopic (exact) mass is 252 g/mol. The second kappa shape index (κ2) is 6.06. The highest BCUT2D eigenvalue weighted by Crippen LogP contribution is 2.25.